The Balaban J connectivity index is 1.98. The highest BCUT2D eigenvalue weighted by Crippen LogP contribution is 2.15. The normalized spacial score (nSPS) is 10.0. The molecule has 0 spiro atoms. The number of nitrogens with zero attached hydrogens (tertiary/aromatic N) is 2. The van der Waals surface area contributed by atoms with Gasteiger partial charge in [0.1, 0.15) is 5.82 Å². The second-order valence-electron chi connectivity index (χ2n) is 3.19. The number of aromatic nitrogens is 2. The lowest BCUT2D eigenvalue weighted by molar-refractivity contribution is -0.384. The maximum absolute atomic E-state index is 10.4. The number of non-ortho nitro benzene ring substituents is 1. The van der Waals surface area contributed by atoms with Gasteiger partial charge in [-0.15, -0.1) is 0 Å². The van der Waals surface area contributed by atoms with Gasteiger partial charge in [0.2, 0.25) is 0 Å². The van der Waals surface area contributed by atoms with E-state index < -0.39 is 4.92 Å². The number of hydrogen-bond donors (Lipinski definition) is 2. The number of aromatic amines is 1. The predicted octanol–water partition coefficient (Wildman–Crippen LogP) is 1.93. The number of nitro groups is 1. The molecule has 0 saturated heterocycles. The molecule has 1 heterocycles. The summed E-state index contributed by atoms with van der Waals surface area (Å²) in [5.41, 5.74) is 0.908. The van der Waals surface area contributed by atoms with Gasteiger partial charge in [-0.05, 0) is 12.1 Å². The minimum Gasteiger partial charge on any atom is -0.378 e. The molecule has 0 unspecified atom stereocenters. The molecule has 0 atom stereocenters. The summed E-state index contributed by atoms with van der Waals surface area (Å²) < 4.78 is 0. The topological polar surface area (TPSA) is 83.8 Å². The molecule has 0 amide bonds. The summed E-state index contributed by atoms with van der Waals surface area (Å²) in [5, 5.41) is 13.5. The fourth-order valence-corrected chi connectivity index (χ4v) is 1.28. The minimum atomic E-state index is -0.420. The third-order valence-electron chi connectivity index (χ3n) is 2.09. The highest BCUT2D eigenvalue weighted by molar-refractivity contribution is 5.48. The quantitative estimate of drug-likeness (QED) is 0.606. The average Bonchev–Trinajstić information content (AvgIpc) is 2.80. The van der Waals surface area contributed by atoms with Crippen molar-refractivity contribution >= 4 is 11.4 Å². The number of nitro benzene ring substituents is 1. The second-order valence-corrected chi connectivity index (χ2v) is 3.19. The lowest BCUT2D eigenvalue weighted by Gasteiger charge is -2.03. The Morgan fingerprint density at radius 1 is 1.38 bits per heavy atom. The first kappa shape index (κ1) is 10.2. The Labute approximate surface area is 91.5 Å². The van der Waals surface area contributed by atoms with Crippen LogP contribution in [0, 0.1) is 10.1 Å². The van der Waals surface area contributed by atoms with E-state index in [2.05, 4.69) is 15.3 Å². The van der Waals surface area contributed by atoms with Crippen LogP contribution in [0.2, 0.25) is 0 Å². The van der Waals surface area contributed by atoms with E-state index in [9.17, 15) is 10.1 Å². The molecule has 0 bridgehead atoms. The highest BCUT2D eigenvalue weighted by Gasteiger charge is 2.03. The molecule has 82 valence electrons. The summed E-state index contributed by atoms with van der Waals surface area (Å²) in [5.74, 6) is 0.818. The molecule has 1 aromatic carbocycles. The van der Waals surface area contributed by atoms with E-state index in [-0.39, 0.29) is 5.69 Å². The van der Waals surface area contributed by atoms with Crippen LogP contribution in [0.4, 0.5) is 11.4 Å². The minimum absolute atomic E-state index is 0.0866. The molecule has 6 heteroatoms. The zero-order valence-corrected chi connectivity index (χ0v) is 8.38. The molecule has 0 fully saturated rings. The Bertz CT molecular complexity index is 464. The molecule has 2 N–H and O–H groups in total. The summed E-state index contributed by atoms with van der Waals surface area (Å²) >= 11 is 0. The number of nitrogens with one attached hydrogen (secondary N) is 2. The molecule has 2 rings (SSSR count). The van der Waals surface area contributed by atoms with Crippen LogP contribution in [0.3, 0.4) is 0 Å². The van der Waals surface area contributed by atoms with Crippen LogP contribution in [0.5, 0.6) is 0 Å². The number of benzene rings is 1. The fraction of sp³-hybridized carbons (Fsp3) is 0.100. The van der Waals surface area contributed by atoms with Crippen molar-refractivity contribution in [1.82, 2.24) is 9.97 Å². The van der Waals surface area contributed by atoms with E-state index in [0.717, 1.165) is 11.5 Å². The number of rotatable bonds is 4. The van der Waals surface area contributed by atoms with Crippen LogP contribution in [0.25, 0.3) is 0 Å². The molecule has 2 aromatic rings. The van der Waals surface area contributed by atoms with Gasteiger partial charge >= 0.3 is 0 Å². The number of imidazole rings is 1. The van der Waals surface area contributed by atoms with Gasteiger partial charge in [-0.25, -0.2) is 4.98 Å². The monoisotopic (exact) mass is 218 g/mol. The zero-order valence-electron chi connectivity index (χ0n) is 8.38. The Hall–Kier alpha value is -2.37. The van der Waals surface area contributed by atoms with Crippen molar-refractivity contribution < 1.29 is 4.92 Å². The van der Waals surface area contributed by atoms with Gasteiger partial charge in [-0.2, -0.15) is 0 Å². The molecule has 0 radical (unpaired) electrons. The molecular weight excluding hydrogens is 208 g/mol. The number of anilines is 1. The molecular formula is C10H10N4O2. The maximum Gasteiger partial charge on any atom is 0.269 e. The first-order valence-corrected chi connectivity index (χ1v) is 4.72. The predicted molar refractivity (Wildman–Crippen MR) is 59.0 cm³/mol. The smallest absolute Gasteiger partial charge is 0.269 e. The van der Waals surface area contributed by atoms with E-state index in [1.165, 1.54) is 12.1 Å². The summed E-state index contributed by atoms with van der Waals surface area (Å²) in [6, 6.07) is 6.26. The summed E-state index contributed by atoms with van der Waals surface area (Å²) in [7, 11) is 0. The van der Waals surface area contributed by atoms with Crippen molar-refractivity contribution in [3.05, 3.63) is 52.6 Å². The zero-order chi connectivity index (χ0) is 11.4. The van der Waals surface area contributed by atoms with E-state index >= 15 is 0 Å². The van der Waals surface area contributed by atoms with Gasteiger partial charge in [0.25, 0.3) is 5.69 Å². The van der Waals surface area contributed by atoms with Crippen LogP contribution in [0.15, 0.2) is 36.7 Å². The van der Waals surface area contributed by atoms with Crippen molar-refractivity contribution in [3.8, 4) is 0 Å². The van der Waals surface area contributed by atoms with Gasteiger partial charge in [-0.3, -0.25) is 10.1 Å². The van der Waals surface area contributed by atoms with Gasteiger partial charge in [0.05, 0.1) is 11.5 Å². The van der Waals surface area contributed by atoms with Gasteiger partial charge in [-0.1, -0.05) is 0 Å². The summed E-state index contributed by atoms with van der Waals surface area (Å²) in [6.07, 6.45) is 3.42. The lowest BCUT2D eigenvalue weighted by atomic mass is 10.3. The first-order valence-electron chi connectivity index (χ1n) is 4.72. The molecule has 0 saturated carbocycles. The van der Waals surface area contributed by atoms with Crippen molar-refractivity contribution in [3.63, 3.8) is 0 Å². The highest BCUT2D eigenvalue weighted by atomic mass is 16.6. The maximum atomic E-state index is 10.4. The largest absolute Gasteiger partial charge is 0.378 e. The Morgan fingerprint density at radius 2 is 2.12 bits per heavy atom. The van der Waals surface area contributed by atoms with Crippen LogP contribution < -0.4 is 5.32 Å². The molecule has 0 aliphatic rings. The Morgan fingerprint density at radius 3 is 2.69 bits per heavy atom. The van der Waals surface area contributed by atoms with Crippen molar-refractivity contribution in [2.45, 2.75) is 6.54 Å². The van der Waals surface area contributed by atoms with Crippen molar-refractivity contribution in [2.24, 2.45) is 0 Å². The first-order chi connectivity index (χ1) is 7.75. The second kappa shape index (κ2) is 4.43. The lowest BCUT2D eigenvalue weighted by Crippen LogP contribution is -2.00. The average molecular weight is 218 g/mol. The SMILES string of the molecule is O=[N+]([O-])c1ccc(NCc2ncc[nH]2)cc1. The van der Waals surface area contributed by atoms with Gasteiger partial charge < -0.3 is 10.3 Å². The molecule has 1 aromatic heterocycles. The van der Waals surface area contributed by atoms with Gasteiger partial charge in [0.15, 0.2) is 0 Å². The van der Waals surface area contributed by atoms with Crippen molar-refractivity contribution in [2.75, 3.05) is 5.32 Å². The van der Waals surface area contributed by atoms with Crippen LogP contribution in [-0.4, -0.2) is 14.9 Å². The van der Waals surface area contributed by atoms with Crippen LogP contribution in [-0.2, 0) is 6.54 Å². The summed E-state index contributed by atoms with van der Waals surface area (Å²) in [4.78, 5) is 17.0. The van der Waals surface area contributed by atoms with Crippen LogP contribution in [0.1, 0.15) is 5.82 Å². The third-order valence-corrected chi connectivity index (χ3v) is 2.09. The van der Waals surface area contributed by atoms with E-state index in [0.29, 0.717) is 6.54 Å². The Kier molecular flexibility index (Phi) is 2.81. The number of H-pyrrole nitrogens is 1. The van der Waals surface area contributed by atoms with E-state index in [1.807, 2.05) is 0 Å². The number of hydrogen-bond acceptors (Lipinski definition) is 4. The van der Waals surface area contributed by atoms with E-state index in [4.69, 9.17) is 0 Å². The standard InChI is InChI=1S/C10H10N4O2/c15-14(16)9-3-1-8(2-4-9)13-7-10-11-5-6-12-10/h1-6,13H,7H2,(H,11,12). The molecule has 0 aliphatic heterocycles. The summed E-state index contributed by atoms with van der Waals surface area (Å²) in [6.45, 7) is 0.560. The fourth-order valence-electron chi connectivity index (χ4n) is 1.28. The van der Waals surface area contributed by atoms with Crippen LogP contribution >= 0.6 is 0 Å². The molecule has 6 nitrogen and oxygen atoms in total. The molecule has 0 aliphatic carbocycles. The van der Waals surface area contributed by atoms with E-state index in [1.54, 1.807) is 24.5 Å². The van der Waals surface area contributed by atoms with Gasteiger partial charge in [0, 0.05) is 30.2 Å². The van der Waals surface area contributed by atoms with Crippen molar-refractivity contribution in [1.29, 1.82) is 0 Å². The third kappa shape index (κ3) is 2.35. The molecule has 16 heavy (non-hydrogen) atoms.